The van der Waals surface area contributed by atoms with E-state index in [0.717, 1.165) is 26.3 Å². The molecule has 1 amide bonds. The van der Waals surface area contributed by atoms with E-state index in [1.165, 1.54) is 5.56 Å². The molecular formula is C15H23N3O2. The first-order valence-electron chi connectivity index (χ1n) is 7.09. The molecule has 0 spiro atoms. The molecule has 0 saturated carbocycles. The van der Waals surface area contributed by atoms with Gasteiger partial charge in [-0.2, -0.15) is 0 Å². The van der Waals surface area contributed by atoms with Crippen LogP contribution in [0.2, 0.25) is 0 Å². The van der Waals surface area contributed by atoms with Gasteiger partial charge in [-0.1, -0.05) is 30.3 Å². The number of nitrogens with one attached hydrogen (secondary N) is 2. The van der Waals surface area contributed by atoms with Gasteiger partial charge in [0.15, 0.2) is 0 Å². The summed E-state index contributed by atoms with van der Waals surface area (Å²) in [5, 5.41) is 5.86. The lowest BCUT2D eigenvalue weighted by atomic mass is 10.0. The highest BCUT2D eigenvalue weighted by atomic mass is 16.5. The average Bonchev–Trinajstić information content (AvgIpc) is 2.50. The second kappa shape index (κ2) is 7.99. The summed E-state index contributed by atoms with van der Waals surface area (Å²) in [4.78, 5) is 14.0. The Bertz CT molecular complexity index is 405. The Morgan fingerprint density at radius 1 is 1.30 bits per heavy atom. The Labute approximate surface area is 120 Å². The number of hydrogen-bond acceptors (Lipinski definition) is 4. The van der Waals surface area contributed by atoms with Crippen molar-refractivity contribution in [3.8, 4) is 0 Å². The van der Waals surface area contributed by atoms with Gasteiger partial charge >= 0.3 is 0 Å². The van der Waals surface area contributed by atoms with E-state index in [-0.39, 0.29) is 11.9 Å². The summed E-state index contributed by atoms with van der Waals surface area (Å²) >= 11 is 0. The van der Waals surface area contributed by atoms with Gasteiger partial charge in [0.05, 0.1) is 25.8 Å². The Kier molecular flexibility index (Phi) is 5.98. The Morgan fingerprint density at radius 2 is 2.00 bits per heavy atom. The number of nitrogens with zero attached hydrogens (tertiary/aromatic N) is 1. The van der Waals surface area contributed by atoms with Gasteiger partial charge in [-0.25, -0.2) is 0 Å². The fraction of sp³-hybridized carbons (Fsp3) is 0.533. The molecule has 0 radical (unpaired) electrons. The molecule has 0 bridgehead atoms. The molecule has 1 heterocycles. The second-order valence-electron chi connectivity index (χ2n) is 4.91. The Morgan fingerprint density at radius 3 is 2.65 bits per heavy atom. The number of carbonyl (C=O) groups is 1. The number of rotatable bonds is 6. The highest BCUT2D eigenvalue weighted by Crippen LogP contribution is 2.20. The van der Waals surface area contributed by atoms with Gasteiger partial charge < -0.3 is 15.4 Å². The monoisotopic (exact) mass is 277 g/mol. The van der Waals surface area contributed by atoms with Crippen LogP contribution in [0.25, 0.3) is 0 Å². The molecule has 1 fully saturated rings. The van der Waals surface area contributed by atoms with Crippen LogP contribution in [0.15, 0.2) is 30.3 Å². The van der Waals surface area contributed by atoms with E-state index >= 15 is 0 Å². The number of benzene rings is 1. The third-order valence-corrected chi connectivity index (χ3v) is 3.50. The van der Waals surface area contributed by atoms with E-state index in [0.29, 0.717) is 13.1 Å². The first-order chi connectivity index (χ1) is 9.81. The first-order valence-corrected chi connectivity index (χ1v) is 7.09. The molecule has 2 N–H and O–H groups in total. The molecule has 0 aliphatic carbocycles. The van der Waals surface area contributed by atoms with Crippen LogP contribution in [0.1, 0.15) is 11.6 Å². The van der Waals surface area contributed by atoms with Gasteiger partial charge in [-0.05, 0) is 12.6 Å². The number of morpholine rings is 1. The molecule has 20 heavy (non-hydrogen) atoms. The van der Waals surface area contributed by atoms with Gasteiger partial charge in [-0.3, -0.25) is 9.69 Å². The number of carbonyl (C=O) groups excluding carboxylic acids is 1. The predicted octanol–water partition coefficient (Wildman–Crippen LogP) is 0.395. The maximum absolute atomic E-state index is 11.6. The summed E-state index contributed by atoms with van der Waals surface area (Å²) < 4.78 is 5.41. The van der Waals surface area contributed by atoms with Crippen LogP contribution in [0.4, 0.5) is 0 Å². The predicted molar refractivity (Wildman–Crippen MR) is 78.5 cm³/mol. The fourth-order valence-corrected chi connectivity index (χ4v) is 2.46. The zero-order chi connectivity index (χ0) is 14.2. The van der Waals surface area contributed by atoms with E-state index in [9.17, 15) is 4.79 Å². The molecule has 1 aliphatic heterocycles. The van der Waals surface area contributed by atoms with Crippen molar-refractivity contribution in [1.82, 2.24) is 15.5 Å². The highest BCUT2D eigenvalue weighted by molar-refractivity contribution is 5.77. The summed E-state index contributed by atoms with van der Waals surface area (Å²) in [5.41, 5.74) is 1.24. The van der Waals surface area contributed by atoms with Crippen molar-refractivity contribution in [2.75, 3.05) is 46.4 Å². The largest absolute Gasteiger partial charge is 0.379 e. The van der Waals surface area contributed by atoms with Crippen molar-refractivity contribution in [1.29, 1.82) is 0 Å². The number of likely N-dealkylation sites (N-methyl/N-ethyl adjacent to an activating group) is 1. The molecule has 5 heteroatoms. The molecular weight excluding hydrogens is 254 g/mol. The lowest BCUT2D eigenvalue weighted by Gasteiger charge is -2.34. The number of amides is 1. The van der Waals surface area contributed by atoms with E-state index < -0.39 is 0 Å². The zero-order valence-corrected chi connectivity index (χ0v) is 12.0. The molecule has 1 aromatic rings. The molecule has 0 aromatic heterocycles. The van der Waals surface area contributed by atoms with Crippen molar-refractivity contribution in [3.63, 3.8) is 0 Å². The van der Waals surface area contributed by atoms with Crippen molar-refractivity contribution < 1.29 is 9.53 Å². The van der Waals surface area contributed by atoms with Crippen LogP contribution >= 0.6 is 0 Å². The molecule has 110 valence electrons. The summed E-state index contributed by atoms with van der Waals surface area (Å²) in [6.07, 6.45) is 0. The molecule has 1 aliphatic rings. The van der Waals surface area contributed by atoms with E-state index in [2.05, 4.69) is 27.7 Å². The van der Waals surface area contributed by atoms with Crippen LogP contribution in [-0.2, 0) is 9.53 Å². The molecule has 1 saturated heterocycles. The lowest BCUT2D eigenvalue weighted by molar-refractivity contribution is -0.120. The van der Waals surface area contributed by atoms with E-state index in [1.54, 1.807) is 7.05 Å². The molecule has 1 unspecified atom stereocenters. The fourth-order valence-electron chi connectivity index (χ4n) is 2.46. The normalized spacial score (nSPS) is 17.6. The molecule has 2 rings (SSSR count). The van der Waals surface area contributed by atoms with Gasteiger partial charge in [0.1, 0.15) is 0 Å². The van der Waals surface area contributed by atoms with Crippen LogP contribution in [-0.4, -0.2) is 57.2 Å². The third-order valence-electron chi connectivity index (χ3n) is 3.50. The topological polar surface area (TPSA) is 53.6 Å². The lowest BCUT2D eigenvalue weighted by Crippen LogP contribution is -2.44. The highest BCUT2D eigenvalue weighted by Gasteiger charge is 2.22. The van der Waals surface area contributed by atoms with Gasteiger partial charge in [0.2, 0.25) is 5.91 Å². The van der Waals surface area contributed by atoms with Crippen LogP contribution in [0, 0.1) is 0 Å². The van der Waals surface area contributed by atoms with Gasteiger partial charge in [0, 0.05) is 19.6 Å². The molecule has 1 aromatic carbocycles. The average molecular weight is 277 g/mol. The minimum absolute atomic E-state index is 0.0293. The Balaban J connectivity index is 2.02. The first kappa shape index (κ1) is 15.0. The summed E-state index contributed by atoms with van der Waals surface area (Å²) in [7, 11) is 1.77. The maximum Gasteiger partial charge on any atom is 0.234 e. The SMILES string of the molecule is CNCC(=O)NCC(c1ccccc1)N1CCOCC1. The zero-order valence-electron chi connectivity index (χ0n) is 12.0. The van der Waals surface area contributed by atoms with Gasteiger partial charge in [-0.15, -0.1) is 0 Å². The summed E-state index contributed by atoms with van der Waals surface area (Å²) in [6.45, 7) is 4.31. The smallest absolute Gasteiger partial charge is 0.234 e. The standard InChI is InChI=1S/C15H23N3O2/c1-16-12-15(19)17-11-14(13-5-3-2-4-6-13)18-7-9-20-10-8-18/h2-6,14,16H,7-12H2,1H3,(H,17,19). The van der Waals surface area contributed by atoms with Crippen LogP contribution in [0.5, 0.6) is 0 Å². The minimum atomic E-state index is 0.0293. The quantitative estimate of drug-likeness (QED) is 0.790. The van der Waals surface area contributed by atoms with Crippen molar-refractivity contribution in [2.45, 2.75) is 6.04 Å². The van der Waals surface area contributed by atoms with E-state index in [4.69, 9.17) is 4.74 Å². The van der Waals surface area contributed by atoms with Crippen LogP contribution in [0.3, 0.4) is 0 Å². The second-order valence-corrected chi connectivity index (χ2v) is 4.91. The number of hydrogen-bond donors (Lipinski definition) is 2. The Hall–Kier alpha value is -1.43. The minimum Gasteiger partial charge on any atom is -0.379 e. The van der Waals surface area contributed by atoms with Crippen molar-refractivity contribution >= 4 is 5.91 Å². The molecule has 1 atom stereocenters. The maximum atomic E-state index is 11.6. The number of ether oxygens (including phenoxy) is 1. The van der Waals surface area contributed by atoms with Crippen molar-refractivity contribution in [3.05, 3.63) is 35.9 Å². The van der Waals surface area contributed by atoms with Crippen LogP contribution < -0.4 is 10.6 Å². The van der Waals surface area contributed by atoms with Crippen molar-refractivity contribution in [2.24, 2.45) is 0 Å². The van der Waals surface area contributed by atoms with E-state index in [1.807, 2.05) is 18.2 Å². The molecule has 5 nitrogen and oxygen atoms in total. The summed E-state index contributed by atoms with van der Waals surface area (Å²) in [6, 6.07) is 10.5. The van der Waals surface area contributed by atoms with Gasteiger partial charge in [0.25, 0.3) is 0 Å². The third kappa shape index (κ3) is 4.30. The summed E-state index contributed by atoms with van der Waals surface area (Å²) in [5.74, 6) is 0.0293.